The second kappa shape index (κ2) is 7.55. The topological polar surface area (TPSA) is 63.8 Å². The third kappa shape index (κ3) is 3.87. The summed E-state index contributed by atoms with van der Waals surface area (Å²) in [4.78, 5) is 7.80. The van der Waals surface area contributed by atoms with Crippen LogP contribution in [0.25, 0.3) is 0 Å². The van der Waals surface area contributed by atoms with Crippen LogP contribution in [0.5, 0.6) is 0 Å². The van der Waals surface area contributed by atoms with E-state index in [4.69, 9.17) is 5.73 Å². The highest BCUT2D eigenvalue weighted by molar-refractivity contribution is 5.37. The Morgan fingerprint density at radius 3 is 2.08 bits per heavy atom. The van der Waals surface area contributed by atoms with Crippen molar-refractivity contribution in [3.63, 3.8) is 0 Å². The largest absolute Gasteiger partial charge is 0.381 e. The van der Waals surface area contributed by atoms with E-state index in [2.05, 4.69) is 39.6 Å². The number of hydrogen-bond acceptors (Lipinski definition) is 4. The molecule has 0 amide bonds. The highest BCUT2D eigenvalue weighted by atomic mass is 19.1. The number of anilines is 2. The highest BCUT2D eigenvalue weighted by Gasteiger charge is 2.13. The van der Waals surface area contributed by atoms with Gasteiger partial charge < -0.3 is 11.1 Å². The van der Waals surface area contributed by atoms with E-state index < -0.39 is 5.82 Å². The Morgan fingerprint density at radius 1 is 0.958 bits per heavy atom. The molecule has 122 valence electrons. The van der Waals surface area contributed by atoms with Crippen LogP contribution >= 0.6 is 0 Å². The molecular formula is C19H19FN4. The molecule has 0 saturated carbocycles. The van der Waals surface area contributed by atoms with Gasteiger partial charge in [0.2, 0.25) is 5.95 Å². The Kier molecular flexibility index (Phi) is 5.01. The standard InChI is InChI=1S/C19H19FN4/c20-17-13-23-19(24-18(17)21)22-12-11-16(14-7-3-1-4-8-14)15-9-5-2-6-10-15/h1-10,13,16H,11-12H2,(H3,21,22,23,24). The minimum Gasteiger partial charge on any atom is -0.381 e. The van der Waals surface area contributed by atoms with E-state index in [1.807, 2.05) is 36.4 Å². The van der Waals surface area contributed by atoms with Gasteiger partial charge in [0.05, 0.1) is 6.20 Å². The quantitative estimate of drug-likeness (QED) is 0.724. The minimum absolute atomic E-state index is 0.143. The summed E-state index contributed by atoms with van der Waals surface area (Å²) >= 11 is 0. The fraction of sp³-hybridized carbons (Fsp3) is 0.158. The fourth-order valence-corrected chi connectivity index (χ4v) is 2.69. The SMILES string of the molecule is Nc1nc(NCCC(c2ccccc2)c2ccccc2)ncc1F. The lowest BCUT2D eigenvalue weighted by Crippen LogP contribution is -2.12. The van der Waals surface area contributed by atoms with Crippen molar-refractivity contribution in [2.24, 2.45) is 0 Å². The molecule has 0 atom stereocenters. The van der Waals surface area contributed by atoms with E-state index in [9.17, 15) is 4.39 Å². The Morgan fingerprint density at radius 2 is 1.54 bits per heavy atom. The molecule has 5 heteroatoms. The van der Waals surface area contributed by atoms with Crippen molar-refractivity contribution in [1.82, 2.24) is 9.97 Å². The number of nitrogen functional groups attached to an aromatic ring is 1. The van der Waals surface area contributed by atoms with Crippen molar-refractivity contribution >= 4 is 11.8 Å². The predicted molar refractivity (Wildman–Crippen MR) is 94.2 cm³/mol. The Labute approximate surface area is 140 Å². The number of nitrogens with zero attached hydrogens (tertiary/aromatic N) is 2. The molecule has 0 fully saturated rings. The summed E-state index contributed by atoms with van der Waals surface area (Å²) in [5.41, 5.74) is 7.98. The average Bonchev–Trinajstić information content (AvgIpc) is 2.63. The third-order valence-electron chi connectivity index (χ3n) is 3.89. The predicted octanol–water partition coefficient (Wildman–Crippen LogP) is 3.83. The van der Waals surface area contributed by atoms with Gasteiger partial charge in [-0.2, -0.15) is 4.98 Å². The van der Waals surface area contributed by atoms with E-state index in [1.165, 1.54) is 11.1 Å². The molecule has 3 N–H and O–H groups in total. The van der Waals surface area contributed by atoms with Gasteiger partial charge in [-0.25, -0.2) is 9.37 Å². The Bertz CT molecular complexity index is 738. The van der Waals surface area contributed by atoms with Gasteiger partial charge in [-0.15, -0.1) is 0 Å². The lowest BCUT2D eigenvalue weighted by Gasteiger charge is -2.18. The van der Waals surface area contributed by atoms with Crippen molar-refractivity contribution in [3.8, 4) is 0 Å². The van der Waals surface area contributed by atoms with E-state index in [-0.39, 0.29) is 11.7 Å². The summed E-state index contributed by atoms with van der Waals surface area (Å²) in [6.45, 7) is 0.652. The van der Waals surface area contributed by atoms with Crippen molar-refractivity contribution < 1.29 is 4.39 Å². The molecule has 0 bridgehead atoms. The van der Waals surface area contributed by atoms with Crippen LogP contribution in [0.4, 0.5) is 16.2 Å². The van der Waals surface area contributed by atoms with Crippen LogP contribution in [-0.2, 0) is 0 Å². The number of nitrogens with two attached hydrogens (primary N) is 1. The van der Waals surface area contributed by atoms with Crippen LogP contribution in [0.15, 0.2) is 66.9 Å². The summed E-state index contributed by atoms with van der Waals surface area (Å²) < 4.78 is 13.1. The summed E-state index contributed by atoms with van der Waals surface area (Å²) in [7, 11) is 0. The van der Waals surface area contributed by atoms with E-state index in [0.29, 0.717) is 12.5 Å². The number of benzene rings is 2. The van der Waals surface area contributed by atoms with Gasteiger partial charge in [0.15, 0.2) is 11.6 Å². The van der Waals surface area contributed by atoms with Crippen molar-refractivity contribution in [1.29, 1.82) is 0 Å². The molecular weight excluding hydrogens is 303 g/mol. The van der Waals surface area contributed by atoms with Crippen LogP contribution in [0.1, 0.15) is 23.5 Å². The Balaban J connectivity index is 1.72. The summed E-state index contributed by atoms with van der Waals surface area (Å²) in [6, 6.07) is 20.7. The van der Waals surface area contributed by atoms with Crippen LogP contribution in [-0.4, -0.2) is 16.5 Å². The second-order valence-electron chi connectivity index (χ2n) is 5.52. The maximum absolute atomic E-state index is 13.1. The van der Waals surface area contributed by atoms with Gasteiger partial charge in [0.1, 0.15) is 0 Å². The van der Waals surface area contributed by atoms with E-state index >= 15 is 0 Å². The molecule has 0 radical (unpaired) electrons. The maximum atomic E-state index is 13.1. The van der Waals surface area contributed by atoms with Crippen LogP contribution in [0.2, 0.25) is 0 Å². The Hall–Kier alpha value is -2.95. The molecule has 0 aliphatic rings. The first-order valence-corrected chi connectivity index (χ1v) is 7.86. The first-order chi connectivity index (χ1) is 11.7. The van der Waals surface area contributed by atoms with E-state index in [1.54, 1.807) is 0 Å². The number of nitrogens with one attached hydrogen (secondary N) is 1. The lowest BCUT2D eigenvalue weighted by atomic mass is 9.88. The fourth-order valence-electron chi connectivity index (χ4n) is 2.69. The summed E-state index contributed by atoms with van der Waals surface area (Å²) in [5, 5.41) is 3.11. The van der Waals surface area contributed by atoms with Gasteiger partial charge in [-0.1, -0.05) is 60.7 Å². The molecule has 2 aromatic carbocycles. The lowest BCUT2D eigenvalue weighted by molar-refractivity contribution is 0.619. The number of aromatic nitrogens is 2. The summed E-state index contributed by atoms with van der Waals surface area (Å²) in [6.07, 6.45) is 1.94. The molecule has 1 aromatic heterocycles. The molecule has 3 rings (SSSR count). The average molecular weight is 322 g/mol. The highest BCUT2D eigenvalue weighted by Crippen LogP contribution is 2.27. The molecule has 4 nitrogen and oxygen atoms in total. The van der Waals surface area contributed by atoms with E-state index in [0.717, 1.165) is 12.6 Å². The zero-order chi connectivity index (χ0) is 16.8. The monoisotopic (exact) mass is 322 g/mol. The zero-order valence-electron chi connectivity index (χ0n) is 13.2. The number of rotatable bonds is 6. The van der Waals surface area contributed by atoms with Gasteiger partial charge in [0, 0.05) is 12.5 Å². The molecule has 0 spiro atoms. The van der Waals surface area contributed by atoms with Gasteiger partial charge >= 0.3 is 0 Å². The maximum Gasteiger partial charge on any atom is 0.224 e. The van der Waals surface area contributed by atoms with Gasteiger partial charge in [-0.05, 0) is 17.5 Å². The molecule has 0 aliphatic heterocycles. The van der Waals surface area contributed by atoms with Gasteiger partial charge in [0.25, 0.3) is 0 Å². The molecule has 3 aromatic rings. The molecule has 1 heterocycles. The third-order valence-corrected chi connectivity index (χ3v) is 3.89. The minimum atomic E-state index is -0.605. The van der Waals surface area contributed by atoms with Crippen molar-refractivity contribution in [3.05, 3.63) is 83.8 Å². The van der Waals surface area contributed by atoms with Crippen molar-refractivity contribution in [2.45, 2.75) is 12.3 Å². The number of halogens is 1. The first-order valence-electron chi connectivity index (χ1n) is 7.86. The van der Waals surface area contributed by atoms with Gasteiger partial charge in [-0.3, -0.25) is 0 Å². The number of hydrogen-bond donors (Lipinski definition) is 2. The molecule has 0 saturated heterocycles. The van der Waals surface area contributed by atoms with Crippen molar-refractivity contribution in [2.75, 3.05) is 17.6 Å². The zero-order valence-corrected chi connectivity index (χ0v) is 13.2. The molecule has 0 unspecified atom stereocenters. The van der Waals surface area contributed by atoms with Crippen LogP contribution < -0.4 is 11.1 Å². The van der Waals surface area contributed by atoms with Crippen LogP contribution in [0.3, 0.4) is 0 Å². The normalized spacial score (nSPS) is 10.8. The first kappa shape index (κ1) is 15.9. The van der Waals surface area contributed by atoms with Crippen LogP contribution in [0, 0.1) is 5.82 Å². The second-order valence-corrected chi connectivity index (χ2v) is 5.52. The molecule has 24 heavy (non-hydrogen) atoms. The summed E-state index contributed by atoms with van der Waals surface area (Å²) in [5.74, 6) is -0.145. The molecule has 0 aliphatic carbocycles. The smallest absolute Gasteiger partial charge is 0.224 e.